The van der Waals surface area contributed by atoms with E-state index in [1.54, 1.807) is 24.5 Å². The van der Waals surface area contributed by atoms with Crippen molar-refractivity contribution in [3.05, 3.63) is 76.6 Å². The van der Waals surface area contributed by atoms with Gasteiger partial charge in [0.1, 0.15) is 19.3 Å². The SMILES string of the molecule is O=[N+]([O-])c1ccc(CN2CCC(Oc3nccnc3OCC3COc4ccccc4O3)CC2)cc1. The van der Waals surface area contributed by atoms with Crippen LogP contribution in [0.4, 0.5) is 5.69 Å². The van der Waals surface area contributed by atoms with Crippen molar-refractivity contribution in [1.82, 2.24) is 14.9 Å². The molecule has 35 heavy (non-hydrogen) atoms. The van der Waals surface area contributed by atoms with E-state index in [0.717, 1.165) is 43.8 Å². The van der Waals surface area contributed by atoms with Crippen LogP contribution < -0.4 is 18.9 Å². The molecule has 0 bridgehead atoms. The molecule has 10 nitrogen and oxygen atoms in total. The van der Waals surface area contributed by atoms with Crippen LogP contribution in [0.15, 0.2) is 60.9 Å². The van der Waals surface area contributed by atoms with Crippen molar-refractivity contribution >= 4 is 5.69 Å². The van der Waals surface area contributed by atoms with E-state index < -0.39 is 0 Å². The third-order valence-electron chi connectivity index (χ3n) is 5.97. The van der Waals surface area contributed by atoms with Crippen LogP contribution in [0.3, 0.4) is 0 Å². The van der Waals surface area contributed by atoms with Gasteiger partial charge in [-0.15, -0.1) is 0 Å². The smallest absolute Gasteiger partial charge is 0.278 e. The number of rotatable bonds is 8. The number of hydrogen-bond acceptors (Lipinski definition) is 9. The molecule has 5 rings (SSSR count). The first-order valence-corrected chi connectivity index (χ1v) is 11.6. The van der Waals surface area contributed by atoms with Gasteiger partial charge in [-0.25, -0.2) is 9.97 Å². The molecule has 1 unspecified atom stereocenters. The third kappa shape index (κ3) is 5.78. The average molecular weight is 479 g/mol. The second-order valence-electron chi connectivity index (χ2n) is 8.49. The first-order chi connectivity index (χ1) is 17.1. The van der Waals surface area contributed by atoms with Gasteiger partial charge < -0.3 is 18.9 Å². The predicted molar refractivity (Wildman–Crippen MR) is 126 cm³/mol. The minimum atomic E-state index is -0.383. The number of hydrogen-bond donors (Lipinski definition) is 0. The summed E-state index contributed by atoms with van der Waals surface area (Å²) in [5.41, 5.74) is 1.16. The van der Waals surface area contributed by atoms with Crippen molar-refractivity contribution < 1.29 is 23.9 Å². The number of ether oxygens (including phenoxy) is 4. The summed E-state index contributed by atoms with van der Waals surface area (Å²) in [6, 6.07) is 14.3. The molecule has 0 aliphatic carbocycles. The average Bonchev–Trinajstić information content (AvgIpc) is 2.89. The number of nitro groups is 1. The molecular weight excluding hydrogens is 452 g/mol. The molecule has 0 radical (unpaired) electrons. The maximum Gasteiger partial charge on any atom is 0.278 e. The summed E-state index contributed by atoms with van der Waals surface area (Å²) in [5, 5.41) is 10.8. The van der Waals surface area contributed by atoms with E-state index in [1.807, 2.05) is 36.4 Å². The lowest BCUT2D eigenvalue weighted by Crippen LogP contribution is -2.38. The zero-order valence-electron chi connectivity index (χ0n) is 19.1. The summed E-state index contributed by atoms with van der Waals surface area (Å²) in [7, 11) is 0. The number of nitrogens with zero attached hydrogens (tertiary/aromatic N) is 4. The lowest BCUT2D eigenvalue weighted by Gasteiger charge is -2.32. The van der Waals surface area contributed by atoms with E-state index >= 15 is 0 Å². The lowest BCUT2D eigenvalue weighted by molar-refractivity contribution is -0.384. The van der Waals surface area contributed by atoms with E-state index in [2.05, 4.69) is 14.9 Å². The highest BCUT2D eigenvalue weighted by molar-refractivity contribution is 5.40. The molecule has 1 fully saturated rings. The van der Waals surface area contributed by atoms with Crippen LogP contribution in [0.2, 0.25) is 0 Å². The van der Waals surface area contributed by atoms with E-state index in [1.165, 1.54) is 0 Å². The van der Waals surface area contributed by atoms with Crippen molar-refractivity contribution in [3.8, 4) is 23.3 Å². The Labute approximate surface area is 202 Å². The molecule has 2 aliphatic rings. The number of piperidine rings is 1. The zero-order chi connectivity index (χ0) is 24.0. The number of para-hydroxylation sites is 2. The second-order valence-corrected chi connectivity index (χ2v) is 8.49. The van der Waals surface area contributed by atoms with Crippen LogP contribution in [0.1, 0.15) is 18.4 Å². The molecular formula is C25H26N4O6. The maximum absolute atomic E-state index is 10.8. The summed E-state index contributed by atoms with van der Waals surface area (Å²) in [5.74, 6) is 2.14. The van der Waals surface area contributed by atoms with E-state index in [4.69, 9.17) is 18.9 Å². The summed E-state index contributed by atoms with van der Waals surface area (Å²) in [4.78, 5) is 21.4. The van der Waals surface area contributed by atoms with Gasteiger partial charge in [0.15, 0.2) is 17.6 Å². The maximum atomic E-state index is 10.8. The first kappa shape index (κ1) is 22.9. The highest BCUT2D eigenvalue weighted by Gasteiger charge is 2.25. The van der Waals surface area contributed by atoms with Crippen LogP contribution >= 0.6 is 0 Å². The molecule has 10 heteroatoms. The summed E-state index contributed by atoms with van der Waals surface area (Å²) in [6.07, 6.45) is 4.56. The topological polar surface area (TPSA) is 109 Å². The van der Waals surface area contributed by atoms with Gasteiger partial charge in [-0.3, -0.25) is 15.0 Å². The van der Waals surface area contributed by atoms with Crippen LogP contribution in [0.5, 0.6) is 23.3 Å². The molecule has 0 N–H and O–H groups in total. The number of non-ortho nitro benzene ring substituents is 1. The number of nitro benzene ring substituents is 1. The van der Waals surface area contributed by atoms with Crippen LogP contribution in [0.25, 0.3) is 0 Å². The molecule has 0 spiro atoms. The highest BCUT2D eigenvalue weighted by Crippen LogP contribution is 2.31. The van der Waals surface area contributed by atoms with E-state index in [-0.39, 0.29) is 29.4 Å². The normalized spacial score (nSPS) is 18.1. The van der Waals surface area contributed by atoms with E-state index in [9.17, 15) is 10.1 Å². The standard InChI is InChI=1S/C25H26N4O6/c30-29(31)19-7-5-18(6-8-19)15-28-13-9-20(10-14-28)35-25-24(26-11-12-27-25)33-17-21-16-32-22-3-1-2-4-23(22)34-21/h1-8,11-12,20-21H,9-10,13-17H2. The molecule has 1 saturated heterocycles. The number of fused-ring (bicyclic) bond motifs is 1. The summed E-state index contributed by atoms with van der Waals surface area (Å²) < 4.78 is 23.7. The lowest BCUT2D eigenvalue weighted by atomic mass is 10.1. The molecule has 3 aromatic rings. The molecule has 1 aromatic heterocycles. The minimum absolute atomic E-state index is 0.00306. The second kappa shape index (κ2) is 10.6. The van der Waals surface area contributed by atoms with Gasteiger partial charge in [-0.2, -0.15) is 0 Å². The summed E-state index contributed by atoms with van der Waals surface area (Å²) in [6.45, 7) is 3.10. The fourth-order valence-corrected chi connectivity index (χ4v) is 4.13. The van der Waals surface area contributed by atoms with Gasteiger partial charge in [0.2, 0.25) is 0 Å². The van der Waals surface area contributed by atoms with E-state index in [0.29, 0.717) is 24.1 Å². The van der Waals surface area contributed by atoms with Gasteiger partial charge >= 0.3 is 0 Å². The van der Waals surface area contributed by atoms with Crippen molar-refractivity contribution in [3.63, 3.8) is 0 Å². The molecule has 0 amide bonds. The Morgan fingerprint density at radius 3 is 2.46 bits per heavy atom. The van der Waals surface area contributed by atoms with Crippen molar-refractivity contribution in [2.75, 3.05) is 26.3 Å². The van der Waals surface area contributed by atoms with Crippen molar-refractivity contribution in [1.29, 1.82) is 0 Å². The Kier molecular flexibility index (Phi) is 6.89. The number of aromatic nitrogens is 2. The Hall–Kier alpha value is -3.92. The van der Waals surface area contributed by atoms with Gasteiger partial charge in [0.05, 0.1) is 4.92 Å². The fraction of sp³-hybridized carbons (Fsp3) is 0.360. The summed E-state index contributed by atoms with van der Waals surface area (Å²) >= 11 is 0. The van der Waals surface area contributed by atoms with Gasteiger partial charge in [0.25, 0.3) is 17.4 Å². The van der Waals surface area contributed by atoms with Crippen LogP contribution in [0, 0.1) is 10.1 Å². The Morgan fingerprint density at radius 1 is 1.00 bits per heavy atom. The first-order valence-electron chi connectivity index (χ1n) is 11.6. The Morgan fingerprint density at radius 2 is 1.71 bits per heavy atom. The quantitative estimate of drug-likeness (QED) is 0.354. The Balaban J connectivity index is 1.11. The molecule has 182 valence electrons. The monoisotopic (exact) mass is 478 g/mol. The largest absolute Gasteiger partial charge is 0.486 e. The van der Waals surface area contributed by atoms with Crippen molar-refractivity contribution in [2.24, 2.45) is 0 Å². The zero-order valence-corrected chi connectivity index (χ0v) is 19.1. The molecule has 3 heterocycles. The Bertz CT molecular complexity index is 1150. The number of benzene rings is 2. The third-order valence-corrected chi connectivity index (χ3v) is 5.97. The molecule has 0 saturated carbocycles. The number of likely N-dealkylation sites (tertiary alicyclic amines) is 1. The molecule has 2 aromatic carbocycles. The van der Waals surface area contributed by atoms with Crippen LogP contribution in [-0.2, 0) is 6.54 Å². The predicted octanol–water partition coefficient (Wildman–Crippen LogP) is 3.65. The van der Waals surface area contributed by atoms with Crippen LogP contribution in [-0.4, -0.2) is 58.3 Å². The molecule has 2 aliphatic heterocycles. The fourth-order valence-electron chi connectivity index (χ4n) is 4.13. The van der Waals surface area contributed by atoms with Crippen molar-refractivity contribution in [2.45, 2.75) is 31.6 Å². The minimum Gasteiger partial charge on any atom is -0.486 e. The van der Waals surface area contributed by atoms with Gasteiger partial charge in [-0.1, -0.05) is 24.3 Å². The van der Waals surface area contributed by atoms with Gasteiger partial charge in [0, 0.05) is 44.2 Å². The highest BCUT2D eigenvalue weighted by atomic mass is 16.6. The van der Waals surface area contributed by atoms with Gasteiger partial charge in [-0.05, 0) is 30.5 Å². The molecule has 1 atom stereocenters.